The fourth-order valence-corrected chi connectivity index (χ4v) is 2.78. The van der Waals surface area contributed by atoms with E-state index in [1.54, 1.807) is 12.5 Å². The van der Waals surface area contributed by atoms with E-state index in [4.69, 9.17) is 9.52 Å². The minimum Gasteiger partial charge on any atom is -0.481 e. The molecule has 1 aromatic heterocycles. The van der Waals surface area contributed by atoms with E-state index in [0.717, 1.165) is 32.5 Å². The van der Waals surface area contributed by atoms with Gasteiger partial charge in [-0.05, 0) is 37.3 Å². The Labute approximate surface area is 108 Å². The van der Waals surface area contributed by atoms with Crippen molar-refractivity contribution in [2.24, 2.45) is 11.8 Å². The zero-order valence-electron chi connectivity index (χ0n) is 10.8. The Hall–Kier alpha value is -1.29. The average molecular weight is 251 g/mol. The predicted molar refractivity (Wildman–Crippen MR) is 68.1 cm³/mol. The van der Waals surface area contributed by atoms with Crippen molar-refractivity contribution >= 4 is 5.97 Å². The van der Waals surface area contributed by atoms with Crippen molar-refractivity contribution in [2.75, 3.05) is 13.1 Å². The maximum atomic E-state index is 10.8. The lowest BCUT2D eigenvalue weighted by Gasteiger charge is -2.35. The number of piperidine rings is 1. The van der Waals surface area contributed by atoms with Gasteiger partial charge in [0.15, 0.2) is 0 Å². The Morgan fingerprint density at radius 3 is 3.17 bits per heavy atom. The van der Waals surface area contributed by atoms with Crippen LogP contribution in [0, 0.1) is 11.8 Å². The molecule has 2 unspecified atom stereocenters. The molecule has 100 valence electrons. The maximum absolute atomic E-state index is 10.8. The second-order valence-electron chi connectivity index (χ2n) is 5.34. The van der Waals surface area contributed by atoms with Crippen molar-refractivity contribution in [3.63, 3.8) is 0 Å². The van der Waals surface area contributed by atoms with Gasteiger partial charge in [0.05, 0.1) is 12.5 Å². The number of likely N-dealkylation sites (tertiary alicyclic amines) is 1. The zero-order chi connectivity index (χ0) is 13.0. The molecule has 4 heteroatoms. The largest absolute Gasteiger partial charge is 0.481 e. The molecule has 1 fully saturated rings. The molecule has 2 heterocycles. The first-order chi connectivity index (χ1) is 8.65. The molecule has 1 saturated heterocycles. The van der Waals surface area contributed by atoms with E-state index in [2.05, 4.69) is 11.8 Å². The summed E-state index contributed by atoms with van der Waals surface area (Å²) in [5.74, 6) is 0.0749. The van der Waals surface area contributed by atoms with E-state index in [9.17, 15) is 4.79 Å². The van der Waals surface area contributed by atoms with Crippen LogP contribution in [0.25, 0.3) is 0 Å². The summed E-state index contributed by atoms with van der Waals surface area (Å²) in [5, 5.41) is 8.86. The van der Waals surface area contributed by atoms with Gasteiger partial charge < -0.3 is 9.52 Å². The Kier molecular flexibility index (Phi) is 4.42. The molecule has 0 radical (unpaired) electrons. The Morgan fingerprint density at radius 2 is 2.50 bits per heavy atom. The number of carboxylic acid groups (broad SMARTS) is 1. The SMILES string of the molecule is CC(CC(=O)O)C1CCCN(Cc2ccoc2)C1. The first kappa shape index (κ1) is 13.1. The number of furan rings is 1. The number of carboxylic acids is 1. The van der Waals surface area contributed by atoms with E-state index in [1.807, 2.05) is 6.07 Å². The van der Waals surface area contributed by atoms with Crippen molar-refractivity contribution in [3.05, 3.63) is 24.2 Å². The van der Waals surface area contributed by atoms with Crippen LogP contribution in [0.5, 0.6) is 0 Å². The number of hydrogen-bond donors (Lipinski definition) is 1. The van der Waals surface area contributed by atoms with Gasteiger partial charge in [-0.25, -0.2) is 0 Å². The Morgan fingerprint density at radius 1 is 1.67 bits per heavy atom. The molecule has 0 aromatic carbocycles. The predicted octanol–water partition coefficient (Wildman–Crippen LogP) is 2.60. The molecule has 1 aliphatic rings. The third-order valence-electron chi connectivity index (χ3n) is 3.83. The van der Waals surface area contributed by atoms with Gasteiger partial charge in [-0.2, -0.15) is 0 Å². The molecule has 1 N–H and O–H groups in total. The highest BCUT2D eigenvalue weighted by Crippen LogP contribution is 2.26. The van der Waals surface area contributed by atoms with Crippen LogP contribution in [-0.4, -0.2) is 29.1 Å². The van der Waals surface area contributed by atoms with Crippen LogP contribution in [-0.2, 0) is 11.3 Å². The van der Waals surface area contributed by atoms with Crippen LogP contribution in [0.15, 0.2) is 23.0 Å². The molecule has 1 aliphatic heterocycles. The second-order valence-corrected chi connectivity index (χ2v) is 5.34. The van der Waals surface area contributed by atoms with Gasteiger partial charge in [-0.1, -0.05) is 6.92 Å². The smallest absolute Gasteiger partial charge is 0.303 e. The van der Waals surface area contributed by atoms with Gasteiger partial charge >= 0.3 is 5.97 Å². The second kappa shape index (κ2) is 6.05. The maximum Gasteiger partial charge on any atom is 0.303 e. The standard InChI is InChI=1S/C14H21NO3/c1-11(7-14(16)17)13-3-2-5-15(9-13)8-12-4-6-18-10-12/h4,6,10-11,13H,2-3,5,7-9H2,1H3,(H,16,17). The third-order valence-corrected chi connectivity index (χ3v) is 3.83. The van der Waals surface area contributed by atoms with Crippen LogP contribution >= 0.6 is 0 Å². The molecule has 0 spiro atoms. The number of aliphatic carboxylic acids is 1. The Balaban J connectivity index is 1.86. The van der Waals surface area contributed by atoms with Crippen LogP contribution in [0.2, 0.25) is 0 Å². The summed E-state index contributed by atoms with van der Waals surface area (Å²) >= 11 is 0. The molecule has 4 nitrogen and oxygen atoms in total. The summed E-state index contributed by atoms with van der Waals surface area (Å²) in [6.45, 7) is 5.06. The van der Waals surface area contributed by atoms with Gasteiger partial charge in [-0.3, -0.25) is 9.69 Å². The first-order valence-corrected chi connectivity index (χ1v) is 6.60. The lowest BCUT2D eigenvalue weighted by molar-refractivity contribution is -0.138. The van der Waals surface area contributed by atoms with Crippen molar-refractivity contribution in [1.29, 1.82) is 0 Å². The van der Waals surface area contributed by atoms with E-state index in [-0.39, 0.29) is 12.3 Å². The Bertz CT molecular complexity index is 374. The quantitative estimate of drug-likeness (QED) is 0.874. The summed E-state index contributed by atoms with van der Waals surface area (Å²) in [5.41, 5.74) is 1.20. The first-order valence-electron chi connectivity index (χ1n) is 6.60. The molecule has 1 aromatic rings. The molecular formula is C14H21NO3. The minimum atomic E-state index is -0.686. The number of carbonyl (C=O) groups is 1. The molecule has 0 bridgehead atoms. The highest BCUT2D eigenvalue weighted by atomic mass is 16.4. The summed E-state index contributed by atoms with van der Waals surface area (Å²) in [6.07, 6.45) is 6.07. The van der Waals surface area contributed by atoms with Crippen molar-refractivity contribution in [1.82, 2.24) is 4.90 Å². The van der Waals surface area contributed by atoms with Gasteiger partial charge in [0.25, 0.3) is 0 Å². The van der Waals surface area contributed by atoms with Crippen LogP contribution in [0.4, 0.5) is 0 Å². The van der Waals surface area contributed by atoms with E-state index in [0.29, 0.717) is 5.92 Å². The van der Waals surface area contributed by atoms with E-state index < -0.39 is 5.97 Å². The molecule has 0 aliphatic carbocycles. The molecule has 18 heavy (non-hydrogen) atoms. The highest BCUT2D eigenvalue weighted by Gasteiger charge is 2.26. The summed E-state index contributed by atoms with van der Waals surface area (Å²) in [4.78, 5) is 13.2. The van der Waals surface area contributed by atoms with Gasteiger partial charge in [0, 0.05) is 25.1 Å². The monoisotopic (exact) mass is 251 g/mol. The summed E-state index contributed by atoms with van der Waals surface area (Å²) in [7, 11) is 0. The highest BCUT2D eigenvalue weighted by molar-refractivity contribution is 5.67. The number of rotatable bonds is 5. The lowest BCUT2D eigenvalue weighted by atomic mass is 9.84. The molecular weight excluding hydrogens is 230 g/mol. The fourth-order valence-electron chi connectivity index (χ4n) is 2.78. The third kappa shape index (κ3) is 3.60. The summed E-state index contributed by atoms with van der Waals surface area (Å²) < 4.78 is 5.08. The molecule has 2 rings (SSSR count). The van der Waals surface area contributed by atoms with Crippen molar-refractivity contribution in [3.8, 4) is 0 Å². The molecule has 2 atom stereocenters. The van der Waals surface area contributed by atoms with Crippen LogP contribution in [0.1, 0.15) is 31.7 Å². The van der Waals surface area contributed by atoms with Crippen molar-refractivity contribution < 1.29 is 14.3 Å². The number of nitrogens with zero attached hydrogens (tertiary/aromatic N) is 1. The number of hydrogen-bond acceptors (Lipinski definition) is 3. The molecule has 0 amide bonds. The lowest BCUT2D eigenvalue weighted by Crippen LogP contribution is -2.37. The summed E-state index contributed by atoms with van der Waals surface area (Å²) in [6, 6.07) is 1.99. The van der Waals surface area contributed by atoms with E-state index in [1.165, 1.54) is 5.56 Å². The van der Waals surface area contributed by atoms with Gasteiger partial charge in [0.1, 0.15) is 0 Å². The molecule has 0 saturated carbocycles. The zero-order valence-corrected chi connectivity index (χ0v) is 10.8. The van der Waals surface area contributed by atoms with Gasteiger partial charge in [-0.15, -0.1) is 0 Å². The van der Waals surface area contributed by atoms with Crippen LogP contribution in [0.3, 0.4) is 0 Å². The van der Waals surface area contributed by atoms with Crippen molar-refractivity contribution in [2.45, 2.75) is 32.7 Å². The minimum absolute atomic E-state index is 0.259. The average Bonchev–Trinajstić information content (AvgIpc) is 2.81. The topological polar surface area (TPSA) is 53.7 Å². The fraction of sp³-hybridized carbons (Fsp3) is 0.643. The van der Waals surface area contributed by atoms with E-state index >= 15 is 0 Å². The van der Waals surface area contributed by atoms with Gasteiger partial charge in [0.2, 0.25) is 0 Å². The van der Waals surface area contributed by atoms with Crippen LogP contribution < -0.4 is 0 Å². The normalized spacial score (nSPS) is 22.8.